The molecule has 2 aromatic rings. The Balaban J connectivity index is 2.49. The van der Waals surface area contributed by atoms with Crippen molar-refractivity contribution in [2.75, 3.05) is 7.11 Å². The molecule has 0 aliphatic heterocycles. The van der Waals surface area contributed by atoms with Gasteiger partial charge in [-0.2, -0.15) is 5.10 Å². The van der Waals surface area contributed by atoms with Crippen LogP contribution in [0.25, 0.3) is 11.3 Å². The van der Waals surface area contributed by atoms with Gasteiger partial charge in [0.1, 0.15) is 5.75 Å². The minimum absolute atomic E-state index is 0.610. The summed E-state index contributed by atoms with van der Waals surface area (Å²) in [5.41, 5.74) is 3.07. The maximum absolute atomic E-state index is 6.08. The zero-order valence-corrected chi connectivity index (χ0v) is 10.2. The zero-order chi connectivity index (χ0) is 11.7. The summed E-state index contributed by atoms with van der Waals surface area (Å²) in [5, 5.41) is 4.91. The van der Waals surface area contributed by atoms with Crippen molar-refractivity contribution in [3.8, 4) is 17.0 Å². The molecule has 0 unspecified atom stereocenters. The van der Waals surface area contributed by atoms with E-state index in [9.17, 15) is 0 Å². The Bertz CT molecular complexity index is 520. The number of aromatic nitrogens is 2. The minimum atomic E-state index is 0.610. The van der Waals surface area contributed by atoms with Gasteiger partial charge in [-0.15, -0.1) is 0 Å². The molecule has 0 radical (unpaired) electrons. The normalized spacial score (nSPS) is 10.5. The monoisotopic (exact) mass is 236 g/mol. The average Bonchev–Trinajstić information content (AvgIpc) is 2.58. The maximum Gasteiger partial charge on any atom is 0.137 e. The average molecular weight is 237 g/mol. The zero-order valence-electron chi connectivity index (χ0n) is 9.49. The molecule has 4 heteroatoms. The molecule has 0 spiro atoms. The van der Waals surface area contributed by atoms with Gasteiger partial charge in [0.2, 0.25) is 0 Å². The molecular formula is C12H13ClN2O. The molecule has 0 saturated heterocycles. The number of hydrogen-bond donors (Lipinski definition) is 0. The van der Waals surface area contributed by atoms with E-state index in [1.165, 1.54) is 0 Å². The lowest BCUT2D eigenvalue weighted by Crippen LogP contribution is -1.94. The Morgan fingerprint density at radius 3 is 2.56 bits per heavy atom. The molecule has 3 nitrogen and oxygen atoms in total. The summed E-state index contributed by atoms with van der Waals surface area (Å²) in [6.07, 6.45) is 0. The molecule has 1 heterocycles. The van der Waals surface area contributed by atoms with Crippen LogP contribution < -0.4 is 4.74 Å². The van der Waals surface area contributed by atoms with Crippen LogP contribution in [0.15, 0.2) is 24.3 Å². The van der Waals surface area contributed by atoms with E-state index in [0.717, 1.165) is 17.0 Å². The molecule has 0 aliphatic rings. The van der Waals surface area contributed by atoms with Gasteiger partial charge >= 0.3 is 0 Å². The Labute approximate surface area is 99.6 Å². The molecule has 1 aromatic heterocycles. The largest absolute Gasteiger partial charge is 0.495 e. The summed E-state index contributed by atoms with van der Waals surface area (Å²) in [4.78, 5) is 0. The molecule has 0 atom stereocenters. The lowest BCUT2D eigenvalue weighted by Gasteiger charge is -2.06. The molecule has 0 fully saturated rings. The summed E-state index contributed by atoms with van der Waals surface area (Å²) < 4.78 is 6.96. The van der Waals surface area contributed by atoms with Gasteiger partial charge in [0.15, 0.2) is 0 Å². The van der Waals surface area contributed by atoms with Crippen LogP contribution >= 0.6 is 11.6 Å². The van der Waals surface area contributed by atoms with Crippen molar-refractivity contribution in [2.24, 2.45) is 7.05 Å². The quantitative estimate of drug-likeness (QED) is 0.801. The topological polar surface area (TPSA) is 27.1 Å². The predicted octanol–water partition coefficient (Wildman–Crippen LogP) is 3.06. The molecule has 0 aliphatic carbocycles. The van der Waals surface area contributed by atoms with E-state index >= 15 is 0 Å². The predicted molar refractivity (Wildman–Crippen MR) is 64.9 cm³/mol. The van der Waals surface area contributed by atoms with Crippen molar-refractivity contribution in [1.29, 1.82) is 0 Å². The van der Waals surface area contributed by atoms with E-state index in [4.69, 9.17) is 16.3 Å². The van der Waals surface area contributed by atoms with E-state index in [0.29, 0.717) is 10.8 Å². The summed E-state index contributed by atoms with van der Waals surface area (Å²) in [6, 6.07) is 7.75. The van der Waals surface area contributed by atoms with Crippen molar-refractivity contribution >= 4 is 11.6 Å². The fraction of sp³-hybridized carbons (Fsp3) is 0.250. The SMILES string of the molecule is COc1ccc(-c2cc(C)nn2C)cc1Cl. The first kappa shape index (κ1) is 11.0. The van der Waals surface area contributed by atoms with E-state index in [2.05, 4.69) is 5.10 Å². The fourth-order valence-electron chi connectivity index (χ4n) is 1.71. The van der Waals surface area contributed by atoms with Gasteiger partial charge in [0.25, 0.3) is 0 Å². The van der Waals surface area contributed by atoms with E-state index in [1.807, 2.05) is 42.9 Å². The molecule has 0 bridgehead atoms. The van der Waals surface area contributed by atoms with Gasteiger partial charge < -0.3 is 4.74 Å². The smallest absolute Gasteiger partial charge is 0.137 e. The van der Waals surface area contributed by atoms with Gasteiger partial charge in [-0.1, -0.05) is 11.6 Å². The molecular weight excluding hydrogens is 224 g/mol. The van der Waals surface area contributed by atoms with Crippen LogP contribution in [-0.2, 0) is 7.05 Å². The Morgan fingerprint density at radius 2 is 2.06 bits per heavy atom. The van der Waals surface area contributed by atoms with Crippen LogP contribution in [0, 0.1) is 6.92 Å². The molecule has 84 valence electrons. The molecule has 16 heavy (non-hydrogen) atoms. The van der Waals surface area contributed by atoms with Gasteiger partial charge in [-0.05, 0) is 31.2 Å². The van der Waals surface area contributed by atoms with Gasteiger partial charge in [-0.25, -0.2) is 0 Å². The van der Waals surface area contributed by atoms with Crippen LogP contribution in [0.2, 0.25) is 5.02 Å². The number of ether oxygens (including phenoxy) is 1. The molecule has 0 saturated carbocycles. The number of nitrogens with zero attached hydrogens (tertiary/aromatic N) is 2. The van der Waals surface area contributed by atoms with E-state index in [1.54, 1.807) is 7.11 Å². The van der Waals surface area contributed by atoms with Crippen molar-refractivity contribution in [3.05, 3.63) is 35.0 Å². The second-order valence-corrected chi connectivity index (χ2v) is 4.05. The van der Waals surface area contributed by atoms with E-state index < -0.39 is 0 Å². The fourth-order valence-corrected chi connectivity index (χ4v) is 1.96. The van der Waals surface area contributed by atoms with Crippen LogP contribution in [-0.4, -0.2) is 16.9 Å². The highest BCUT2D eigenvalue weighted by atomic mass is 35.5. The first-order chi connectivity index (χ1) is 7.61. The van der Waals surface area contributed by atoms with Crippen molar-refractivity contribution < 1.29 is 4.74 Å². The van der Waals surface area contributed by atoms with E-state index in [-0.39, 0.29) is 0 Å². The Morgan fingerprint density at radius 1 is 1.31 bits per heavy atom. The highest BCUT2D eigenvalue weighted by Crippen LogP contribution is 2.30. The third-order valence-corrected chi connectivity index (χ3v) is 2.74. The van der Waals surface area contributed by atoms with Gasteiger partial charge in [0.05, 0.1) is 23.5 Å². The highest BCUT2D eigenvalue weighted by Gasteiger charge is 2.07. The molecule has 1 aromatic carbocycles. The molecule has 0 N–H and O–H groups in total. The van der Waals surface area contributed by atoms with Crippen LogP contribution in [0.3, 0.4) is 0 Å². The van der Waals surface area contributed by atoms with Crippen LogP contribution in [0.1, 0.15) is 5.69 Å². The maximum atomic E-state index is 6.08. The summed E-state index contributed by atoms with van der Waals surface area (Å²) in [6.45, 7) is 1.97. The Kier molecular flexibility index (Phi) is 2.88. The third kappa shape index (κ3) is 1.91. The molecule has 0 amide bonds. The standard InChI is InChI=1S/C12H13ClN2O/c1-8-6-11(15(2)14-8)9-4-5-12(16-3)10(13)7-9/h4-7H,1-3H3. The highest BCUT2D eigenvalue weighted by molar-refractivity contribution is 6.32. The summed E-state index contributed by atoms with van der Waals surface area (Å²) in [5.74, 6) is 0.685. The number of rotatable bonds is 2. The Hall–Kier alpha value is -1.48. The summed E-state index contributed by atoms with van der Waals surface area (Å²) >= 11 is 6.08. The summed E-state index contributed by atoms with van der Waals surface area (Å²) in [7, 11) is 3.52. The van der Waals surface area contributed by atoms with Crippen molar-refractivity contribution in [3.63, 3.8) is 0 Å². The number of methoxy groups -OCH3 is 1. The lowest BCUT2D eigenvalue weighted by molar-refractivity contribution is 0.415. The second-order valence-electron chi connectivity index (χ2n) is 3.64. The van der Waals surface area contributed by atoms with Crippen molar-refractivity contribution in [2.45, 2.75) is 6.92 Å². The number of benzene rings is 1. The molecule has 2 rings (SSSR count). The third-order valence-electron chi connectivity index (χ3n) is 2.45. The van der Waals surface area contributed by atoms with Gasteiger partial charge in [0, 0.05) is 12.6 Å². The number of aryl methyl sites for hydroxylation is 2. The van der Waals surface area contributed by atoms with Crippen molar-refractivity contribution in [1.82, 2.24) is 9.78 Å². The second kappa shape index (κ2) is 4.18. The van der Waals surface area contributed by atoms with Crippen LogP contribution in [0.4, 0.5) is 0 Å². The minimum Gasteiger partial charge on any atom is -0.495 e. The number of hydrogen-bond acceptors (Lipinski definition) is 2. The first-order valence-electron chi connectivity index (χ1n) is 4.96. The first-order valence-corrected chi connectivity index (χ1v) is 5.34. The van der Waals surface area contributed by atoms with Gasteiger partial charge in [-0.3, -0.25) is 4.68 Å². The lowest BCUT2D eigenvalue weighted by atomic mass is 10.1. The van der Waals surface area contributed by atoms with Crippen LogP contribution in [0.5, 0.6) is 5.75 Å². The number of halogens is 1.